The van der Waals surface area contributed by atoms with Gasteiger partial charge in [0.05, 0.1) is 13.1 Å². The lowest BCUT2D eigenvalue weighted by Gasteiger charge is -2.30. The van der Waals surface area contributed by atoms with Gasteiger partial charge < -0.3 is 23.8 Å². The van der Waals surface area contributed by atoms with Crippen molar-refractivity contribution in [3.05, 3.63) is 24.7 Å². The first kappa shape index (κ1) is 17.7. The van der Waals surface area contributed by atoms with Crippen molar-refractivity contribution < 1.29 is 42.8 Å². The highest BCUT2D eigenvalue weighted by Gasteiger charge is 2.52. The maximum Gasteiger partial charge on any atom is 0.459 e. The summed E-state index contributed by atoms with van der Waals surface area (Å²) in [5, 5.41) is 9.16. The molecule has 2 saturated heterocycles. The van der Waals surface area contributed by atoms with Crippen LogP contribution in [0.4, 0.5) is 9.59 Å². The largest absolute Gasteiger partial charge is 0.493 e. The molecule has 2 fully saturated rings. The normalized spacial score (nSPS) is 18.2. The van der Waals surface area contributed by atoms with E-state index in [1.54, 1.807) is 0 Å². The molecule has 1 N–H and O–H groups in total. The van der Waals surface area contributed by atoms with Crippen molar-refractivity contribution >= 4 is 25.8 Å². The third-order valence-corrected chi connectivity index (χ3v) is 5.30. The monoisotopic (exact) mass is 362 g/mol. The molecule has 2 rings (SSSR count). The number of cyclic esters (lactones) is 2. The molecule has 0 bridgehead atoms. The number of amides is 2. The van der Waals surface area contributed by atoms with Crippen molar-refractivity contribution in [1.29, 1.82) is 0 Å². The summed E-state index contributed by atoms with van der Waals surface area (Å²) >= 11 is 0. The molecular weight excluding hydrogens is 347 g/mol. The Morgan fingerprint density at radius 1 is 1.25 bits per heavy atom. The van der Waals surface area contributed by atoms with E-state index in [0.29, 0.717) is 15.6 Å². The zero-order chi connectivity index (χ0) is 17.7. The fourth-order valence-corrected chi connectivity index (χ4v) is 3.92. The van der Waals surface area contributed by atoms with Gasteiger partial charge in [0, 0.05) is 0 Å². The molecule has 2 aliphatic rings. The first-order chi connectivity index (χ1) is 11.4. The van der Waals surface area contributed by atoms with Crippen LogP contribution in [-0.4, -0.2) is 65.5 Å². The molecule has 2 amide bonds. The Hall–Kier alpha value is -2.68. The van der Waals surface area contributed by atoms with Gasteiger partial charge in [0.15, 0.2) is 0 Å². The van der Waals surface area contributed by atoms with E-state index in [9.17, 15) is 18.9 Å². The van der Waals surface area contributed by atoms with Crippen LogP contribution in [0.5, 0.6) is 0 Å². The number of carboxylic acids is 1. The Morgan fingerprint density at radius 3 is 2.17 bits per heavy atom. The van der Waals surface area contributed by atoms with Crippen LogP contribution < -0.4 is 0 Å². The van der Waals surface area contributed by atoms with Gasteiger partial charge in [-0.3, -0.25) is 0 Å². The van der Waals surface area contributed by atoms with E-state index in [0.717, 1.165) is 0 Å². The van der Waals surface area contributed by atoms with Crippen LogP contribution in [0.3, 0.4) is 0 Å². The van der Waals surface area contributed by atoms with Crippen molar-refractivity contribution in [2.45, 2.75) is 0 Å². The molecule has 12 heteroatoms. The number of carboxylic acid groups (broad SMARTS) is 1. The van der Waals surface area contributed by atoms with Gasteiger partial charge in [0.1, 0.15) is 26.1 Å². The number of carbonyl (C=O) groups excluding carboxylic acids is 2. The van der Waals surface area contributed by atoms with Crippen molar-refractivity contribution in [3.63, 3.8) is 0 Å². The highest BCUT2D eigenvalue weighted by molar-refractivity contribution is 7.55. The lowest BCUT2D eigenvalue weighted by molar-refractivity contribution is -0.135. The maximum atomic E-state index is 13.2. The molecule has 0 unspecified atom stereocenters. The van der Waals surface area contributed by atoms with Crippen LogP contribution in [0.15, 0.2) is 24.7 Å². The molecule has 0 aromatic heterocycles. The first-order valence-electron chi connectivity index (χ1n) is 6.75. The predicted octanol–water partition coefficient (Wildman–Crippen LogP) is 1.14. The maximum absolute atomic E-state index is 13.2. The number of ether oxygens (including phenoxy) is 3. The molecule has 0 radical (unpaired) electrons. The SMILES string of the molecule is C=CCOC=C(OP(=O)(N1CCOC1=O)N1CCOC1=O)C(=O)O. The minimum atomic E-state index is -4.42. The summed E-state index contributed by atoms with van der Waals surface area (Å²) in [5.41, 5.74) is 0. The van der Waals surface area contributed by atoms with Gasteiger partial charge in [-0.2, -0.15) is 0 Å². The number of aliphatic carboxylic acids is 1. The Bertz CT molecular complexity index is 602. The van der Waals surface area contributed by atoms with Crippen LogP contribution in [0.2, 0.25) is 0 Å². The van der Waals surface area contributed by atoms with E-state index in [1.807, 2.05) is 0 Å². The molecule has 0 atom stereocenters. The second-order valence-corrected chi connectivity index (χ2v) is 6.60. The highest BCUT2D eigenvalue weighted by Crippen LogP contribution is 2.58. The molecule has 0 saturated carbocycles. The number of rotatable bonds is 8. The number of hydrogen-bond acceptors (Lipinski definition) is 8. The molecule has 2 heterocycles. The second kappa shape index (κ2) is 7.26. The van der Waals surface area contributed by atoms with E-state index in [4.69, 9.17) is 23.8 Å². The Kier molecular flexibility index (Phi) is 5.35. The first-order valence-corrected chi connectivity index (χ1v) is 8.28. The van der Waals surface area contributed by atoms with Crippen molar-refractivity contribution in [3.8, 4) is 0 Å². The van der Waals surface area contributed by atoms with Crippen LogP contribution in [0.1, 0.15) is 0 Å². The zero-order valence-electron chi connectivity index (χ0n) is 12.5. The van der Waals surface area contributed by atoms with Gasteiger partial charge in [-0.25, -0.2) is 28.3 Å². The fourth-order valence-electron chi connectivity index (χ4n) is 1.89. The molecule has 0 aromatic carbocycles. The third-order valence-electron chi connectivity index (χ3n) is 2.92. The average Bonchev–Trinajstić information content (AvgIpc) is 3.15. The van der Waals surface area contributed by atoms with Crippen LogP contribution in [-0.2, 0) is 28.1 Å². The zero-order valence-corrected chi connectivity index (χ0v) is 13.3. The smallest absolute Gasteiger partial charge is 0.459 e. The van der Waals surface area contributed by atoms with Crippen molar-refractivity contribution in [2.24, 2.45) is 0 Å². The summed E-state index contributed by atoms with van der Waals surface area (Å²) in [6.45, 7) is 2.93. The molecule has 0 aromatic rings. The van der Waals surface area contributed by atoms with Gasteiger partial charge in [0.25, 0.3) is 0 Å². The molecule has 2 aliphatic heterocycles. The van der Waals surface area contributed by atoms with E-state index < -0.39 is 31.6 Å². The van der Waals surface area contributed by atoms with Gasteiger partial charge >= 0.3 is 25.8 Å². The van der Waals surface area contributed by atoms with Crippen LogP contribution in [0.25, 0.3) is 0 Å². The summed E-state index contributed by atoms with van der Waals surface area (Å²) < 4.78 is 33.9. The third kappa shape index (κ3) is 3.46. The molecule has 24 heavy (non-hydrogen) atoms. The Labute approximate surface area is 136 Å². The minimum Gasteiger partial charge on any atom is -0.493 e. The Balaban J connectivity index is 2.34. The minimum absolute atomic E-state index is 0.0258. The van der Waals surface area contributed by atoms with Gasteiger partial charge in [-0.1, -0.05) is 12.7 Å². The molecule has 0 spiro atoms. The second-order valence-electron chi connectivity index (χ2n) is 4.47. The van der Waals surface area contributed by atoms with Crippen LogP contribution >= 0.6 is 7.67 Å². The molecule has 0 aliphatic carbocycles. The summed E-state index contributed by atoms with van der Waals surface area (Å²) in [4.78, 5) is 34.8. The van der Waals surface area contributed by atoms with Crippen molar-refractivity contribution in [1.82, 2.24) is 9.34 Å². The number of nitrogens with zero attached hydrogens (tertiary/aromatic N) is 2. The topological polar surface area (TPSA) is 132 Å². The summed E-state index contributed by atoms with van der Waals surface area (Å²) in [5.74, 6) is -2.45. The highest BCUT2D eigenvalue weighted by atomic mass is 31.2. The van der Waals surface area contributed by atoms with Gasteiger partial charge in [0.2, 0.25) is 5.76 Å². The van der Waals surface area contributed by atoms with Crippen LogP contribution in [0, 0.1) is 0 Å². The van der Waals surface area contributed by atoms with E-state index >= 15 is 0 Å². The average molecular weight is 362 g/mol. The van der Waals surface area contributed by atoms with Crippen molar-refractivity contribution in [2.75, 3.05) is 32.9 Å². The summed E-state index contributed by atoms with van der Waals surface area (Å²) in [7, 11) is -4.42. The summed E-state index contributed by atoms with van der Waals surface area (Å²) in [6, 6.07) is 0. The Morgan fingerprint density at radius 2 is 1.79 bits per heavy atom. The van der Waals surface area contributed by atoms with E-state index in [2.05, 4.69) is 6.58 Å². The molecule has 132 valence electrons. The molecule has 11 nitrogen and oxygen atoms in total. The fraction of sp³-hybridized carbons (Fsp3) is 0.417. The molecular formula is C12H15N2O9P. The lowest BCUT2D eigenvalue weighted by Crippen LogP contribution is -2.34. The number of carbonyl (C=O) groups is 3. The number of hydrogen-bond donors (Lipinski definition) is 1. The van der Waals surface area contributed by atoms with E-state index in [1.165, 1.54) is 6.08 Å². The lowest BCUT2D eigenvalue weighted by atomic mass is 10.6. The standard InChI is InChI=1S/C12H15N2O9P/c1-2-5-20-8-9(10(15)16)23-24(19,13-3-6-21-11(13)17)14-4-7-22-12(14)18/h2,8H,1,3-7H2,(H,15,16). The predicted molar refractivity (Wildman–Crippen MR) is 76.7 cm³/mol. The van der Waals surface area contributed by atoms with E-state index in [-0.39, 0.29) is 32.9 Å². The quantitative estimate of drug-likeness (QED) is 0.222. The summed E-state index contributed by atoms with van der Waals surface area (Å²) in [6.07, 6.45) is 0.0783. The van der Waals surface area contributed by atoms with Gasteiger partial charge in [-0.05, 0) is 0 Å². The van der Waals surface area contributed by atoms with Gasteiger partial charge in [-0.15, -0.1) is 0 Å².